The first-order valence-electron chi connectivity index (χ1n) is 6.05. The number of rotatable bonds is 5. The number of nitrogens with zero attached hydrogens (tertiary/aromatic N) is 1. The third-order valence-corrected chi connectivity index (χ3v) is 2.82. The van der Waals surface area contributed by atoms with Crippen molar-refractivity contribution < 1.29 is 0 Å². The van der Waals surface area contributed by atoms with Crippen LogP contribution in [0, 0.1) is 12.8 Å². The zero-order chi connectivity index (χ0) is 12.1. The van der Waals surface area contributed by atoms with E-state index in [0.717, 1.165) is 19.5 Å². The zero-order valence-electron chi connectivity index (χ0n) is 11.0. The summed E-state index contributed by atoms with van der Waals surface area (Å²) in [6.07, 6.45) is 0.972. The van der Waals surface area contributed by atoms with Crippen molar-refractivity contribution in [3.05, 3.63) is 29.3 Å². The Bertz CT molecular complexity index is 332. The Kier molecular flexibility index (Phi) is 4.81. The first kappa shape index (κ1) is 13.0. The van der Waals surface area contributed by atoms with Crippen molar-refractivity contribution in [3.63, 3.8) is 0 Å². The van der Waals surface area contributed by atoms with E-state index in [0.29, 0.717) is 5.92 Å². The summed E-state index contributed by atoms with van der Waals surface area (Å²) < 4.78 is 0. The number of anilines is 1. The molecule has 1 aromatic carbocycles. The molecule has 2 N–H and O–H groups in total. The van der Waals surface area contributed by atoms with Gasteiger partial charge in [0.05, 0.1) is 0 Å². The summed E-state index contributed by atoms with van der Waals surface area (Å²) in [6.45, 7) is 8.47. The third-order valence-electron chi connectivity index (χ3n) is 2.82. The fourth-order valence-electron chi connectivity index (χ4n) is 2.01. The lowest BCUT2D eigenvalue weighted by Crippen LogP contribution is -2.22. The molecular formula is C14H24N2. The SMILES string of the molecule is Cc1cc(N(C)CC(C)C)ccc1CCN. The molecule has 0 radical (unpaired) electrons. The molecule has 0 aromatic heterocycles. The van der Waals surface area contributed by atoms with Gasteiger partial charge >= 0.3 is 0 Å². The number of benzene rings is 1. The van der Waals surface area contributed by atoms with Gasteiger partial charge in [-0.2, -0.15) is 0 Å². The number of hydrogen-bond donors (Lipinski definition) is 1. The van der Waals surface area contributed by atoms with Gasteiger partial charge < -0.3 is 10.6 Å². The topological polar surface area (TPSA) is 29.3 Å². The average molecular weight is 220 g/mol. The smallest absolute Gasteiger partial charge is 0.0366 e. The summed E-state index contributed by atoms with van der Waals surface area (Å²) in [6, 6.07) is 6.65. The van der Waals surface area contributed by atoms with Crippen molar-refractivity contribution in [2.24, 2.45) is 11.7 Å². The summed E-state index contributed by atoms with van der Waals surface area (Å²) in [5, 5.41) is 0. The Morgan fingerprint density at radius 3 is 2.50 bits per heavy atom. The van der Waals surface area contributed by atoms with Crippen LogP contribution >= 0.6 is 0 Å². The second kappa shape index (κ2) is 5.90. The van der Waals surface area contributed by atoms with E-state index < -0.39 is 0 Å². The minimum atomic E-state index is 0.689. The summed E-state index contributed by atoms with van der Waals surface area (Å²) in [4.78, 5) is 2.31. The van der Waals surface area contributed by atoms with Crippen LogP contribution in [-0.2, 0) is 6.42 Å². The van der Waals surface area contributed by atoms with Gasteiger partial charge in [-0.25, -0.2) is 0 Å². The maximum absolute atomic E-state index is 5.58. The summed E-state index contributed by atoms with van der Waals surface area (Å²) in [5.74, 6) is 0.689. The fraction of sp³-hybridized carbons (Fsp3) is 0.571. The van der Waals surface area contributed by atoms with Gasteiger partial charge in [-0.15, -0.1) is 0 Å². The van der Waals surface area contributed by atoms with E-state index >= 15 is 0 Å². The number of nitrogens with two attached hydrogens (primary N) is 1. The fourth-order valence-corrected chi connectivity index (χ4v) is 2.01. The number of hydrogen-bond acceptors (Lipinski definition) is 2. The van der Waals surface area contributed by atoms with E-state index in [1.54, 1.807) is 0 Å². The first-order chi connectivity index (χ1) is 7.54. The molecule has 0 unspecified atom stereocenters. The third kappa shape index (κ3) is 3.53. The van der Waals surface area contributed by atoms with Gasteiger partial charge in [0.2, 0.25) is 0 Å². The van der Waals surface area contributed by atoms with E-state index in [-0.39, 0.29) is 0 Å². The molecule has 1 aromatic rings. The van der Waals surface area contributed by atoms with Crippen LogP contribution in [0.4, 0.5) is 5.69 Å². The molecule has 0 amide bonds. The molecule has 90 valence electrons. The van der Waals surface area contributed by atoms with E-state index in [4.69, 9.17) is 5.73 Å². The Labute approximate surface area is 99.5 Å². The number of aryl methyl sites for hydroxylation is 1. The van der Waals surface area contributed by atoms with E-state index in [1.807, 2.05) is 0 Å². The van der Waals surface area contributed by atoms with Gasteiger partial charge in [0.1, 0.15) is 0 Å². The van der Waals surface area contributed by atoms with Crippen molar-refractivity contribution in [1.29, 1.82) is 0 Å². The highest BCUT2D eigenvalue weighted by atomic mass is 15.1. The van der Waals surface area contributed by atoms with Gasteiger partial charge in [-0.05, 0) is 49.1 Å². The van der Waals surface area contributed by atoms with Crippen LogP contribution in [0.3, 0.4) is 0 Å². The second-order valence-electron chi connectivity index (χ2n) is 4.92. The Morgan fingerprint density at radius 1 is 1.31 bits per heavy atom. The Morgan fingerprint density at radius 2 is 2.00 bits per heavy atom. The van der Waals surface area contributed by atoms with Gasteiger partial charge in [0.25, 0.3) is 0 Å². The van der Waals surface area contributed by atoms with Crippen LogP contribution in [0.15, 0.2) is 18.2 Å². The highest BCUT2D eigenvalue weighted by molar-refractivity contribution is 5.50. The van der Waals surface area contributed by atoms with Gasteiger partial charge in [0, 0.05) is 19.3 Å². The lowest BCUT2D eigenvalue weighted by atomic mass is 10.0. The van der Waals surface area contributed by atoms with E-state index in [9.17, 15) is 0 Å². The van der Waals surface area contributed by atoms with Crippen molar-refractivity contribution in [1.82, 2.24) is 0 Å². The van der Waals surface area contributed by atoms with Gasteiger partial charge in [-0.1, -0.05) is 19.9 Å². The molecule has 16 heavy (non-hydrogen) atoms. The van der Waals surface area contributed by atoms with Crippen LogP contribution in [0.5, 0.6) is 0 Å². The minimum Gasteiger partial charge on any atom is -0.374 e. The van der Waals surface area contributed by atoms with E-state index in [1.165, 1.54) is 16.8 Å². The molecular weight excluding hydrogens is 196 g/mol. The second-order valence-corrected chi connectivity index (χ2v) is 4.92. The molecule has 2 nitrogen and oxygen atoms in total. The highest BCUT2D eigenvalue weighted by Crippen LogP contribution is 2.19. The minimum absolute atomic E-state index is 0.689. The maximum Gasteiger partial charge on any atom is 0.0366 e. The standard InChI is InChI=1S/C14H24N2/c1-11(2)10-16(4)14-6-5-13(7-8-15)12(3)9-14/h5-6,9,11H,7-8,10,15H2,1-4H3. The lowest BCUT2D eigenvalue weighted by Gasteiger charge is -2.22. The van der Waals surface area contributed by atoms with Crippen molar-refractivity contribution in [2.75, 3.05) is 25.0 Å². The van der Waals surface area contributed by atoms with Gasteiger partial charge in [-0.3, -0.25) is 0 Å². The maximum atomic E-state index is 5.58. The molecule has 0 heterocycles. The molecule has 0 aliphatic carbocycles. The van der Waals surface area contributed by atoms with Crippen LogP contribution < -0.4 is 10.6 Å². The largest absolute Gasteiger partial charge is 0.374 e. The molecule has 0 aliphatic heterocycles. The van der Waals surface area contributed by atoms with Crippen LogP contribution in [-0.4, -0.2) is 20.1 Å². The van der Waals surface area contributed by atoms with Crippen molar-refractivity contribution >= 4 is 5.69 Å². The average Bonchev–Trinajstić information content (AvgIpc) is 2.20. The zero-order valence-corrected chi connectivity index (χ0v) is 11.0. The Hall–Kier alpha value is -1.02. The molecule has 0 saturated carbocycles. The molecule has 0 spiro atoms. The van der Waals surface area contributed by atoms with Crippen LogP contribution in [0.2, 0.25) is 0 Å². The normalized spacial score (nSPS) is 10.9. The predicted molar refractivity (Wildman–Crippen MR) is 72.0 cm³/mol. The van der Waals surface area contributed by atoms with Gasteiger partial charge in [0.15, 0.2) is 0 Å². The first-order valence-corrected chi connectivity index (χ1v) is 6.05. The molecule has 1 rings (SSSR count). The van der Waals surface area contributed by atoms with Crippen molar-refractivity contribution in [3.8, 4) is 0 Å². The highest BCUT2D eigenvalue weighted by Gasteiger charge is 2.05. The summed E-state index contributed by atoms with van der Waals surface area (Å²) in [7, 11) is 2.15. The molecule has 0 saturated heterocycles. The molecule has 0 atom stereocenters. The predicted octanol–water partition coefficient (Wildman–Crippen LogP) is 2.59. The van der Waals surface area contributed by atoms with Crippen LogP contribution in [0.1, 0.15) is 25.0 Å². The lowest BCUT2D eigenvalue weighted by molar-refractivity contribution is 0.638. The summed E-state index contributed by atoms with van der Waals surface area (Å²) in [5.41, 5.74) is 9.59. The monoisotopic (exact) mass is 220 g/mol. The molecule has 0 aliphatic rings. The molecule has 0 fully saturated rings. The van der Waals surface area contributed by atoms with Crippen molar-refractivity contribution in [2.45, 2.75) is 27.2 Å². The summed E-state index contributed by atoms with van der Waals surface area (Å²) >= 11 is 0. The molecule has 2 heteroatoms. The molecule has 0 bridgehead atoms. The Balaban J connectivity index is 2.79. The quantitative estimate of drug-likeness (QED) is 0.826. The van der Waals surface area contributed by atoms with Crippen LogP contribution in [0.25, 0.3) is 0 Å². The van der Waals surface area contributed by atoms with E-state index in [2.05, 4.69) is 50.9 Å².